The number of halogens is 3. The van der Waals surface area contributed by atoms with Crippen LogP contribution >= 0.6 is 0 Å². The van der Waals surface area contributed by atoms with Gasteiger partial charge in [-0.3, -0.25) is 0 Å². The zero-order valence-corrected chi connectivity index (χ0v) is 22.8. The molecule has 3 atom stereocenters. The van der Waals surface area contributed by atoms with Crippen LogP contribution in [0.15, 0.2) is 79.1 Å². The molecule has 2 N–H and O–H groups in total. The second kappa shape index (κ2) is 11.9. The monoisotopic (exact) mass is 561 g/mol. The third-order valence-electron chi connectivity index (χ3n) is 8.04. The highest BCUT2D eigenvalue weighted by molar-refractivity contribution is 5.59. The zero-order chi connectivity index (χ0) is 28.2. The molecule has 1 saturated heterocycles. The fourth-order valence-electron chi connectivity index (χ4n) is 5.95. The number of hydrogen-bond acceptors (Lipinski definition) is 6. The van der Waals surface area contributed by atoms with Gasteiger partial charge in [-0.05, 0) is 62.1 Å². The number of rotatable bonds is 7. The molecular formula is C31H34F3N7. The fraction of sp³-hybridized carbons (Fsp3) is 0.387. The molecule has 2 aromatic carbocycles. The van der Waals surface area contributed by atoms with Gasteiger partial charge in [-0.25, -0.2) is 14.6 Å². The topological polar surface area (TPSA) is 70.9 Å². The van der Waals surface area contributed by atoms with Gasteiger partial charge in [0.1, 0.15) is 0 Å². The van der Waals surface area contributed by atoms with Crippen LogP contribution in [0, 0.1) is 0 Å². The summed E-state index contributed by atoms with van der Waals surface area (Å²) in [5.74, 6) is 0.662. The number of nitrogens with zero attached hydrogens (tertiary/aromatic N) is 5. The van der Waals surface area contributed by atoms with Gasteiger partial charge in [-0.2, -0.15) is 18.3 Å². The third-order valence-corrected chi connectivity index (χ3v) is 8.04. The van der Waals surface area contributed by atoms with Gasteiger partial charge in [0, 0.05) is 54.9 Å². The normalized spacial score (nSPS) is 21.5. The molecule has 3 unspecified atom stereocenters. The summed E-state index contributed by atoms with van der Waals surface area (Å²) in [6.45, 7) is 1.83. The molecule has 6 rings (SSSR count). The quantitative estimate of drug-likeness (QED) is 0.275. The fourth-order valence-corrected chi connectivity index (χ4v) is 5.95. The lowest BCUT2D eigenvalue weighted by molar-refractivity contribution is -0.141. The number of anilines is 2. The minimum Gasteiger partial charge on any atom is -0.370 e. The minimum absolute atomic E-state index is 0.250. The van der Waals surface area contributed by atoms with Crippen molar-refractivity contribution in [3.8, 4) is 16.9 Å². The third kappa shape index (κ3) is 6.53. The van der Waals surface area contributed by atoms with E-state index in [9.17, 15) is 13.2 Å². The van der Waals surface area contributed by atoms with E-state index >= 15 is 0 Å². The number of alkyl halides is 3. The smallest absolute Gasteiger partial charge is 0.370 e. The van der Waals surface area contributed by atoms with E-state index in [1.807, 2.05) is 54.7 Å². The maximum absolute atomic E-state index is 12.9. The van der Waals surface area contributed by atoms with Crippen molar-refractivity contribution in [3.05, 3.63) is 84.8 Å². The Kier molecular flexibility index (Phi) is 7.91. The maximum atomic E-state index is 12.9. The van der Waals surface area contributed by atoms with E-state index < -0.39 is 11.9 Å². The average molecular weight is 562 g/mol. The lowest BCUT2D eigenvalue weighted by atomic mass is 9.89. The molecular weight excluding hydrogens is 527 g/mol. The molecule has 0 bridgehead atoms. The summed E-state index contributed by atoms with van der Waals surface area (Å²) in [6, 6.07) is 21.6. The molecule has 0 amide bonds. The Morgan fingerprint density at radius 1 is 0.805 bits per heavy atom. The van der Waals surface area contributed by atoms with Crippen LogP contribution in [-0.2, 0) is 6.18 Å². The number of benzene rings is 2. The molecule has 3 heterocycles. The van der Waals surface area contributed by atoms with Gasteiger partial charge in [0.25, 0.3) is 0 Å². The summed E-state index contributed by atoms with van der Waals surface area (Å²) in [6.07, 6.45) is 5.42. The van der Waals surface area contributed by atoms with Gasteiger partial charge in [-0.1, -0.05) is 43.2 Å². The number of nitrogens with one attached hydrogen (secondary N) is 2. The summed E-state index contributed by atoms with van der Waals surface area (Å²) in [7, 11) is 0. The van der Waals surface area contributed by atoms with E-state index in [0.717, 1.165) is 61.8 Å². The summed E-state index contributed by atoms with van der Waals surface area (Å²) in [4.78, 5) is 11.7. The Morgan fingerprint density at radius 2 is 1.56 bits per heavy atom. The second-order valence-corrected chi connectivity index (χ2v) is 10.9. The second-order valence-electron chi connectivity index (χ2n) is 10.9. The van der Waals surface area contributed by atoms with Crippen LogP contribution in [0.25, 0.3) is 16.9 Å². The molecule has 41 heavy (non-hydrogen) atoms. The van der Waals surface area contributed by atoms with E-state index in [0.29, 0.717) is 23.7 Å². The lowest BCUT2D eigenvalue weighted by Crippen LogP contribution is -2.55. The molecule has 4 aromatic rings. The Hall–Kier alpha value is -3.92. The van der Waals surface area contributed by atoms with Crippen LogP contribution in [0.5, 0.6) is 0 Å². The molecule has 1 aliphatic heterocycles. The molecule has 0 spiro atoms. The van der Waals surface area contributed by atoms with Gasteiger partial charge in [0.15, 0.2) is 5.69 Å². The molecule has 1 saturated carbocycles. The highest BCUT2D eigenvalue weighted by atomic mass is 19.4. The van der Waals surface area contributed by atoms with Crippen LogP contribution in [0.3, 0.4) is 0 Å². The number of hydrogen-bond donors (Lipinski definition) is 2. The summed E-state index contributed by atoms with van der Waals surface area (Å²) in [5, 5.41) is 11.3. The van der Waals surface area contributed by atoms with Crippen LogP contribution in [-0.4, -0.2) is 51.0 Å². The summed E-state index contributed by atoms with van der Waals surface area (Å²) >= 11 is 0. The first kappa shape index (κ1) is 27.3. The minimum atomic E-state index is -4.45. The molecule has 1 aliphatic carbocycles. The van der Waals surface area contributed by atoms with Crippen molar-refractivity contribution >= 4 is 11.6 Å². The number of piperidine rings is 1. The molecule has 0 radical (unpaired) electrons. The standard InChI is InChI=1S/C31H34F3N7/c32-31(33,34)29-17-20-41(39-29)25-14-12-24(13-15-25)40-19-6-9-23(21-40)36-27-10-4-5-11-28(27)38-30-35-18-16-26(37-30)22-7-2-1-3-8-22/h1-3,7-8,12-18,20,23,27-28,36H,4-6,9-11,19,21H2,(H,35,37,38). The van der Waals surface area contributed by atoms with E-state index in [1.165, 1.54) is 23.7 Å². The van der Waals surface area contributed by atoms with Gasteiger partial charge in [-0.15, -0.1) is 0 Å². The largest absolute Gasteiger partial charge is 0.435 e. The van der Waals surface area contributed by atoms with Crippen molar-refractivity contribution in [2.75, 3.05) is 23.3 Å². The summed E-state index contributed by atoms with van der Waals surface area (Å²) < 4.78 is 40.1. The SMILES string of the molecule is FC(F)(F)c1ccn(-c2ccc(N3CCCC(NC4CCCCC4Nc4nccc(-c5ccccc5)n4)C3)cc2)n1. The van der Waals surface area contributed by atoms with E-state index in [2.05, 4.69) is 37.7 Å². The predicted octanol–water partition coefficient (Wildman–Crippen LogP) is 6.33. The van der Waals surface area contributed by atoms with Crippen molar-refractivity contribution in [3.63, 3.8) is 0 Å². The van der Waals surface area contributed by atoms with Crippen LogP contribution in [0.4, 0.5) is 24.8 Å². The van der Waals surface area contributed by atoms with Crippen molar-refractivity contribution in [2.24, 2.45) is 0 Å². The average Bonchev–Trinajstić information content (AvgIpc) is 3.51. The first-order chi connectivity index (χ1) is 19.9. The Morgan fingerprint density at radius 3 is 2.32 bits per heavy atom. The molecule has 2 aliphatic rings. The molecule has 10 heteroatoms. The highest BCUT2D eigenvalue weighted by Crippen LogP contribution is 2.29. The first-order valence-electron chi connectivity index (χ1n) is 14.3. The van der Waals surface area contributed by atoms with Crippen molar-refractivity contribution in [2.45, 2.75) is 62.8 Å². The Bertz CT molecular complexity index is 1420. The summed E-state index contributed by atoms with van der Waals surface area (Å²) in [5.41, 5.74) is 2.75. The van der Waals surface area contributed by atoms with Crippen LogP contribution in [0.2, 0.25) is 0 Å². The zero-order valence-electron chi connectivity index (χ0n) is 22.8. The van der Waals surface area contributed by atoms with Gasteiger partial charge in [0.2, 0.25) is 5.95 Å². The lowest BCUT2D eigenvalue weighted by Gasteiger charge is -2.40. The Balaban J connectivity index is 1.09. The number of aromatic nitrogens is 4. The van der Waals surface area contributed by atoms with Crippen LogP contribution < -0.4 is 15.5 Å². The first-order valence-corrected chi connectivity index (χ1v) is 14.3. The molecule has 214 valence electrons. The van der Waals surface area contributed by atoms with E-state index in [1.54, 1.807) is 0 Å². The van der Waals surface area contributed by atoms with Gasteiger partial charge >= 0.3 is 6.18 Å². The van der Waals surface area contributed by atoms with E-state index in [-0.39, 0.29) is 6.04 Å². The van der Waals surface area contributed by atoms with Crippen molar-refractivity contribution < 1.29 is 13.2 Å². The van der Waals surface area contributed by atoms with E-state index in [4.69, 9.17) is 4.98 Å². The van der Waals surface area contributed by atoms with Crippen molar-refractivity contribution in [1.29, 1.82) is 0 Å². The predicted molar refractivity (Wildman–Crippen MR) is 154 cm³/mol. The molecule has 2 aromatic heterocycles. The Labute approximate surface area is 237 Å². The highest BCUT2D eigenvalue weighted by Gasteiger charge is 2.34. The van der Waals surface area contributed by atoms with Gasteiger partial charge in [0.05, 0.1) is 11.4 Å². The van der Waals surface area contributed by atoms with Crippen LogP contribution in [0.1, 0.15) is 44.2 Å². The van der Waals surface area contributed by atoms with Crippen molar-refractivity contribution in [1.82, 2.24) is 25.1 Å². The maximum Gasteiger partial charge on any atom is 0.435 e. The van der Waals surface area contributed by atoms with Gasteiger partial charge < -0.3 is 15.5 Å². The molecule has 2 fully saturated rings. The molecule has 7 nitrogen and oxygen atoms in total.